The van der Waals surface area contributed by atoms with Gasteiger partial charge in [-0.2, -0.15) is 10.1 Å². The van der Waals surface area contributed by atoms with Crippen molar-refractivity contribution in [2.24, 2.45) is 7.05 Å². The minimum Gasteiger partial charge on any atom is -0.424 e. The lowest BCUT2D eigenvalue weighted by Gasteiger charge is -1.97. The Hall–Kier alpha value is -2.97. The van der Waals surface area contributed by atoms with Gasteiger partial charge in [0.2, 0.25) is 0 Å². The Morgan fingerprint density at radius 1 is 1.48 bits per heavy atom. The lowest BCUT2D eigenvalue weighted by atomic mass is 10.3. The first-order valence-corrected chi connectivity index (χ1v) is 6.25. The van der Waals surface area contributed by atoms with Gasteiger partial charge in [-0.15, -0.1) is 0 Å². The van der Waals surface area contributed by atoms with Crippen LogP contribution < -0.4 is 5.32 Å². The van der Waals surface area contributed by atoms with Gasteiger partial charge in [0.25, 0.3) is 11.7 Å². The molecule has 2 heterocycles. The van der Waals surface area contributed by atoms with E-state index in [1.807, 2.05) is 0 Å². The second-order valence-electron chi connectivity index (χ2n) is 4.44. The van der Waals surface area contributed by atoms with Gasteiger partial charge < -0.3 is 9.73 Å². The molecule has 0 spiro atoms. The predicted octanol–water partition coefficient (Wildman–Crippen LogP) is 1.52. The normalized spacial score (nSPS) is 10.9. The summed E-state index contributed by atoms with van der Waals surface area (Å²) < 4.78 is 7.09. The molecule has 0 bridgehead atoms. The number of nitrogens with zero attached hydrogens (tertiary/aromatic N) is 5. The Labute approximate surface area is 118 Å². The number of non-ortho nitro benzene ring substituents is 1. The average Bonchev–Trinajstić information content (AvgIpc) is 3.03. The molecule has 0 fully saturated rings. The molecule has 108 valence electrons. The maximum Gasteiger partial charge on any atom is 0.295 e. The number of aromatic nitrogens is 4. The van der Waals surface area contributed by atoms with Crippen LogP contribution in [-0.2, 0) is 13.5 Å². The van der Waals surface area contributed by atoms with E-state index in [0.29, 0.717) is 30.1 Å². The Kier molecular flexibility index (Phi) is 3.22. The molecule has 1 N–H and O–H groups in total. The van der Waals surface area contributed by atoms with Gasteiger partial charge in [-0.3, -0.25) is 14.8 Å². The summed E-state index contributed by atoms with van der Waals surface area (Å²) >= 11 is 0. The molecule has 3 aromatic rings. The van der Waals surface area contributed by atoms with Gasteiger partial charge in [0.05, 0.1) is 4.92 Å². The summed E-state index contributed by atoms with van der Waals surface area (Å²) in [6, 6.07) is 4.62. The van der Waals surface area contributed by atoms with Gasteiger partial charge in [-0.05, 0) is 6.07 Å². The quantitative estimate of drug-likeness (QED) is 0.559. The van der Waals surface area contributed by atoms with Gasteiger partial charge >= 0.3 is 0 Å². The largest absolute Gasteiger partial charge is 0.424 e. The van der Waals surface area contributed by atoms with Crippen molar-refractivity contribution in [1.29, 1.82) is 0 Å². The van der Waals surface area contributed by atoms with Crippen LogP contribution in [0, 0.1) is 10.1 Å². The van der Waals surface area contributed by atoms with E-state index in [-0.39, 0.29) is 5.69 Å². The highest BCUT2D eigenvalue weighted by Gasteiger charge is 2.11. The maximum absolute atomic E-state index is 10.7. The third-order valence-corrected chi connectivity index (χ3v) is 2.85. The molecular formula is C12H12N6O3. The van der Waals surface area contributed by atoms with E-state index >= 15 is 0 Å². The molecule has 0 unspecified atom stereocenters. The van der Waals surface area contributed by atoms with Crippen LogP contribution in [0.2, 0.25) is 0 Å². The summed E-state index contributed by atoms with van der Waals surface area (Å²) in [6.45, 7) is 0.554. The number of nitro benzene ring substituents is 1. The summed E-state index contributed by atoms with van der Waals surface area (Å²) in [5.41, 5.74) is 0.932. The summed E-state index contributed by atoms with van der Waals surface area (Å²) in [6.07, 6.45) is 2.26. The minimum atomic E-state index is -0.464. The first kappa shape index (κ1) is 13.0. The summed E-state index contributed by atoms with van der Waals surface area (Å²) in [5, 5.41) is 17.9. The number of hydrogen-bond acceptors (Lipinski definition) is 7. The minimum absolute atomic E-state index is 0.0139. The molecule has 0 radical (unpaired) electrons. The smallest absolute Gasteiger partial charge is 0.295 e. The highest BCUT2D eigenvalue weighted by Crippen LogP contribution is 2.23. The van der Waals surface area contributed by atoms with E-state index < -0.39 is 4.92 Å². The van der Waals surface area contributed by atoms with E-state index in [9.17, 15) is 10.1 Å². The van der Waals surface area contributed by atoms with Gasteiger partial charge in [0.1, 0.15) is 11.8 Å². The van der Waals surface area contributed by atoms with Crippen LogP contribution in [0.1, 0.15) is 5.82 Å². The number of nitro groups is 1. The summed E-state index contributed by atoms with van der Waals surface area (Å²) in [4.78, 5) is 18.5. The van der Waals surface area contributed by atoms with Crippen molar-refractivity contribution in [2.75, 3.05) is 11.9 Å². The summed E-state index contributed by atoms with van der Waals surface area (Å²) in [5.74, 6) is 0.719. The Morgan fingerprint density at radius 3 is 3.05 bits per heavy atom. The van der Waals surface area contributed by atoms with Crippen molar-refractivity contribution in [3.05, 3.63) is 40.5 Å². The predicted molar refractivity (Wildman–Crippen MR) is 73.9 cm³/mol. The van der Waals surface area contributed by atoms with Crippen LogP contribution in [0.15, 0.2) is 28.9 Å². The highest BCUT2D eigenvalue weighted by molar-refractivity contribution is 5.77. The van der Waals surface area contributed by atoms with Crippen molar-refractivity contribution in [3.63, 3.8) is 0 Å². The number of hydrogen-bond donors (Lipinski definition) is 1. The average molecular weight is 288 g/mol. The van der Waals surface area contributed by atoms with Crippen LogP contribution in [0.25, 0.3) is 11.1 Å². The first-order valence-electron chi connectivity index (χ1n) is 6.25. The van der Waals surface area contributed by atoms with Crippen molar-refractivity contribution in [1.82, 2.24) is 19.7 Å². The highest BCUT2D eigenvalue weighted by atomic mass is 16.6. The van der Waals surface area contributed by atoms with Gasteiger partial charge in [0, 0.05) is 32.1 Å². The number of aryl methyl sites for hydroxylation is 1. The standard InChI is InChI=1S/C12H12N6O3/c1-17-7-14-11(16-17)4-5-13-12-15-9-6-8(18(19)20)2-3-10(9)21-12/h2-3,6-7H,4-5H2,1H3,(H,13,15). The topological polar surface area (TPSA) is 112 Å². The zero-order chi connectivity index (χ0) is 14.8. The second-order valence-corrected chi connectivity index (χ2v) is 4.44. The Morgan fingerprint density at radius 2 is 2.33 bits per heavy atom. The van der Waals surface area contributed by atoms with E-state index in [1.54, 1.807) is 18.1 Å². The molecule has 0 aliphatic heterocycles. The molecule has 0 atom stereocenters. The number of benzene rings is 1. The van der Waals surface area contributed by atoms with Crippen LogP contribution in [-0.4, -0.2) is 31.2 Å². The fourth-order valence-corrected chi connectivity index (χ4v) is 1.88. The molecule has 1 aromatic carbocycles. The third-order valence-electron chi connectivity index (χ3n) is 2.85. The molecule has 3 rings (SSSR count). The van der Waals surface area contributed by atoms with Gasteiger partial charge in [0.15, 0.2) is 11.4 Å². The number of fused-ring (bicyclic) bond motifs is 1. The molecular weight excluding hydrogens is 276 g/mol. The fourth-order valence-electron chi connectivity index (χ4n) is 1.88. The maximum atomic E-state index is 10.7. The van der Waals surface area contributed by atoms with Gasteiger partial charge in [-0.25, -0.2) is 4.98 Å². The van der Waals surface area contributed by atoms with E-state index in [1.165, 1.54) is 18.2 Å². The third kappa shape index (κ3) is 2.81. The number of oxazole rings is 1. The number of anilines is 1. The molecule has 0 aliphatic carbocycles. The molecule has 9 nitrogen and oxygen atoms in total. The lowest BCUT2D eigenvalue weighted by molar-refractivity contribution is -0.384. The zero-order valence-corrected chi connectivity index (χ0v) is 11.2. The molecule has 2 aromatic heterocycles. The summed E-state index contributed by atoms with van der Waals surface area (Å²) in [7, 11) is 1.80. The zero-order valence-electron chi connectivity index (χ0n) is 11.2. The van der Waals surface area contributed by atoms with E-state index in [2.05, 4.69) is 20.4 Å². The Bertz CT molecular complexity index is 793. The molecule has 0 aliphatic rings. The molecule has 0 saturated carbocycles. The number of nitrogens with one attached hydrogen (secondary N) is 1. The van der Waals surface area contributed by atoms with Crippen LogP contribution in [0.3, 0.4) is 0 Å². The van der Waals surface area contributed by atoms with Crippen LogP contribution >= 0.6 is 0 Å². The lowest BCUT2D eigenvalue weighted by Crippen LogP contribution is -2.06. The molecule has 21 heavy (non-hydrogen) atoms. The van der Waals surface area contributed by atoms with Crippen molar-refractivity contribution in [2.45, 2.75) is 6.42 Å². The monoisotopic (exact) mass is 288 g/mol. The van der Waals surface area contributed by atoms with Crippen LogP contribution in [0.5, 0.6) is 0 Å². The Balaban J connectivity index is 1.68. The van der Waals surface area contributed by atoms with E-state index in [4.69, 9.17) is 4.42 Å². The molecule has 0 saturated heterocycles. The molecule has 9 heteroatoms. The second kappa shape index (κ2) is 5.19. The van der Waals surface area contributed by atoms with Crippen molar-refractivity contribution < 1.29 is 9.34 Å². The molecule has 0 amide bonds. The number of rotatable bonds is 5. The van der Waals surface area contributed by atoms with Crippen molar-refractivity contribution >= 4 is 22.8 Å². The SMILES string of the molecule is Cn1cnc(CCNc2nc3cc([N+](=O)[O-])ccc3o2)n1. The fraction of sp³-hybridized carbons (Fsp3) is 0.250. The van der Waals surface area contributed by atoms with Crippen LogP contribution in [0.4, 0.5) is 11.7 Å². The van der Waals surface area contributed by atoms with Crippen molar-refractivity contribution in [3.8, 4) is 0 Å². The first-order chi connectivity index (χ1) is 10.1. The van der Waals surface area contributed by atoms with E-state index in [0.717, 1.165) is 5.82 Å². The van der Waals surface area contributed by atoms with Gasteiger partial charge in [-0.1, -0.05) is 0 Å².